The predicted molar refractivity (Wildman–Crippen MR) is 216 cm³/mol. The number of nitrogens with zero attached hydrogens (tertiary/aromatic N) is 2. The number of amides is 3. The molecule has 296 valence electrons. The molecule has 1 unspecified atom stereocenters. The summed E-state index contributed by atoms with van der Waals surface area (Å²) in [5.41, 5.74) is 2.24. The number of rotatable bonds is 17. The van der Waals surface area contributed by atoms with E-state index in [2.05, 4.69) is 34.4 Å². The number of aliphatic hydroxyl groups is 1. The number of esters is 1. The van der Waals surface area contributed by atoms with Gasteiger partial charge in [-0.05, 0) is 55.0 Å². The number of aliphatic hydroxyl groups excluding tert-OH is 1. The second-order valence-corrected chi connectivity index (χ2v) is 15.9. The van der Waals surface area contributed by atoms with E-state index in [4.69, 9.17) is 14.2 Å². The molecule has 0 radical (unpaired) electrons. The molecule has 3 amide bonds. The summed E-state index contributed by atoms with van der Waals surface area (Å²) in [5, 5.41) is 14.0. The van der Waals surface area contributed by atoms with Gasteiger partial charge < -0.3 is 34.4 Å². The van der Waals surface area contributed by atoms with Crippen LogP contribution in [0.15, 0.2) is 104 Å². The van der Waals surface area contributed by atoms with Gasteiger partial charge in [-0.25, -0.2) is 0 Å². The van der Waals surface area contributed by atoms with E-state index in [-0.39, 0.29) is 31.9 Å². The largest absolute Gasteiger partial charge is 0.455 e. The fourth-order valence-electron chi connectivity index (χ4n) is 8.70. The molecule has 56 heavy (non-hydrogen) atoms. The number of ether oxygens (including phenoxy) is 3. The van der Waals surface area contributed by atoms with Gasteiger partial charge in [-0.1, -0.05) is 101 Å². The number of allylic oxidation sites excluding steroid dienone is 1. The molecule has 0 aromatic heterocycles. The Balaban J connectivity index is 1.44. The van der Waals surface area contributed by atoms with Crippen LogP contribution in [0.2, 0.25) is 0 Å². The molecule has 3 saturated heterocycles. The SMILES string of the molecule is C=CCCC(=O)N[C@@H](COC)[C@@H](OC(=O)[C@@H]1[C@H]2O[C@@]3(CC2Br)[C@H](C(=O)N(CC=C)c2cc(C)ccc2C)N([C@H](CO)c2ccccc2)C(=O)[C@@H]13)c1ccccc1. The summed E-state index contributed by atoms with van der Waals surface area (Å²) in [6.45, 7) is 11.2. The molecule has 6 rings (SSSR count). The van der Waals surface area contributed by atoms with Crippen LogP contribution in [0.5, 0.6) is 0 Å². The predicted octanol–water partition coefficient (Wildman–Crippen LogP) is 5.69. The Morgan fingerprint density at radius 1 is 1.05 bits per heavy atom. The maximum absolute atomic E-state index is 15.3. The number of hydrogen-bond acceptors (Lipinski definition) is 8. The third-order valence-electron chi connectivity index (χ3n) is 11.2. The van der Waals surface area contributed by atoms with Crippen LogP contribution in [0.4, 0.5) is 5.69 Å². The molecule has 9 atom stereocenters. The second-order valence-electron chi connectivity index (χ2n) is 14.8. The Bertz CT molecular complexity index is 1930. The average molecular weight is 829 g/mol. The third kappa shape index (κ3) is 7.72. The Labute approximate surface area is 336 Å². The zero-order valence-corrected chi connectivity index (χ0v) is 33.6. The molecule has 2 N–H and O–H groups in total. The van der Waals surface area contributed by atoms with Crippen molar-refractivity contribution in [2.75, 3.05) is 31.8 Å². The second kappa shape index (κ2) is 17.7. The van der Waals surface area contributed by atoms with Gasteiger partial charge in [0.1, 0.15) is 17.7 Å². The fraction of sp³-hybridized carbons (Fsp3) is 0.409. The van der Waals surface area contributed by atoms with Crippen molar-refractivity contribution in [1.29, 1.82) is 0 Å². The lowest BCUT2D eigenvalue weighted by Crippen LogP contribution is -2.57. The summed E-state index contributed by atoms with van der Waals surface area (Å²) >= 11 is 3.77. The summed E-state index contributed by atoms with van der Waals surface area (Å²) in [5.74, 6) is -4.13. The third-order valence-corrected chi connectivity index (χ3v) is 12.0. The molecule has 3 aromatic rings. The summed E-state index contributed by atoms with van der Waals surface area (Å²) in [6.07, 6.45) is 2.37. The van der Waals surface area contributed by atoms with Crippen LogP contribution in [-0.2, 0) is 33.4 Å². The lowest BCUT2D eigenvalue weighted by molar-refractivity contribution is -0.163. The van der Waals surface area contributed by atoms with Crippen molar-refractivity contribution in [1.82, 2.24) is 10.2 Å². The van der Waals surface area contributed by atoms with Crippen LogP contribution in [0.25, 0.3) is 0 Å². The van der Waals surface area contributed by atoms with E-state index < -0.39 is 77.0 Å². The normalized spacial score (nSPS) is 25.2. The van der Waals surface area contributed by atoms with Crippen LogP contribution in [-0.4, -0.2) is 89.2 Å². The van der Waals surface area contributed by atoms with Crippen LogP contribution in [0.3, 0.4) is 0 Å². The molecule has 2 bridgehead atoms. The van der Waals surface area contributed by atoms with E-state index >= 15 is 9.59 Å². The number of carbonyl (C=O) groups is 4. The number of fused-ring (bicyclic) bond motifs is 1. The number of aryl methyl sites for hydroxylation is 2. The number of benzene rings is 3. The first kappa shape index (κ1) is 41.0. The van der Waals surface area contributed by atoms with Gasteiger partial charge >= 0.3 is 5.97 Å². The molecular formula is C44H50BrN3O8. The number of methoxy groups -OCH3 is 1. The number of halogens is 1. The molecule has 3 aromatic carbocycles. The van der Waals surface area contributed by atoms with Gasteiger partial charge in [0.2, 0.25) is 11.8 Å². The van der Waals surface area contributed by atoms with Crippen LogP contribution in [0, 0.1) is 25.7 Å². The van der Waals surface area contributed by atoms with Gasteiger partial charge in [0, 0.05) is 30.6 Å². The Kier molecular flexibility index (Phi) is 12.9. The summed E-state index contributed by atoms with van der Waals surface area (Å²) in [7, 11) is 1.50. The van der Waals surface area contributed by atoms with Crippen molar-refractivity contribution in [3.63, 3.8) is 0 Å². The Morgan fingerprint density at radius 3 is 2.36 bits per heavy atom. The van der Waals surface area contributed by atoms with Gasteiger partial charge in [-0.15, -0.1) is 13.2 Å². The minimum absolute atomic E-state index is 0.0295. The van der Waals surface area contributed by atoms with E-state index in [0.717, 1.165) is 11.1 Å². The maximum atomic E-state index is 15.3. The molecule has 12 heteroatoms. The number of carbonyl (C=O) groups excluding carboxylic acids is 4. The molecule has 1 spiro atoms. The number of anilines is 1. The first-order valence-corrected chi connectivity index (χ1v) is 19.9. The van der Waals surface area contributed by atoms with Gasteiger partial charge in [-0.3, -0.25) is 19.2 Å². The summed E-state index contributed by atoms with van der Waals surface area (Å²) < 4.78 is 18.8. The summed E-state index contributed by atoms with van der Waals surface area (Å²) in [6, 6.07) is 21.0. The standard InChI is InChI=1S/C44H50BrN3O8/c1-6-8-19-35(50)46-32(26-54-5)38(30-17-13-10-14-18-30)55-43(53)36-37-41(51)48(34(25-49)29-15-11-9-12-16-29)40(44(37)24-31(45)39(36)56-44)42(52)47(22-7-2)33-23-27(3)20-21-28(33)4/h6-7,9-18,20-21,23,31-32,34,36-40,49H,1-2,8,19,22,24-26H2,3-5H3,(H,46,50)/t31?,32-,34+,36-,37+,38-,39-,40-,44+/m0/s1. The van der Waals surface area contributed by atoms with E-state index in [0.29, 0.717) is 23.2 Å². The monoisotopic (exact) mass is 827 g/mol. The number of likely N-dealkylation sites (tertiary alicyclic amines) is 1. The zero-order chi connectivity index (χ0) is 40.1. The lowest BCUT2D eigenvalue weighted by Gasteiger charge is -2.39. The van der Waals surface area contributed by atoms with Gasteiger partial charge in [0.15, 0.2) is 0 Å². The van der Waals surface area contributed by atoms with Gasteiger partial charge in [0.25, 0.3) is 5.91 Å². The highest BCUT2D eigenvalue weighted by Gasteiger charge is 2.78. The maximum Gasteiger partial charge on any atom is 0.313 e. The molecular weight excluding hydrogens is 778 g/mol. The highest BCUT2D eigenvalue weighted by molar-refractivity contribution is 9.09. The minimum Gasteiger partial charge on any atom is -0.455 e. The molecule has 3 aliphatic rings. The number of alkyl halides is 1. The molecule has 0 saturated carbocycles. The molecule has 3 heterocycles. The molecule has 3 aliphatic heterocycles. The molecule has 11 nitrogen and oxygen atoms in total. The van der Waals surface area contributed by atoms with Crippen molar-refractivity contribution in [2.45, 2.75) is 73.9 Å². The average Bonchev–Trinajstić information content (AvgIpc) is 3.80. The topological polar surface area (TPSA) is 135 Å². The van der Waals surface area contributed by atoms with E-state index in [1.54, 1.807) is 41.3 Å². The van der Waals surface area contributed by atoms with E-state index in [1.807, 2.05) is 68.4 Å². The first-order chi connectivity index (χ1) is 27.0. The smallest absolute Gasteiger partial charge is 0.313 e. The zero-order valence-electron chi connectivity index (χ0n) is 32.0. The number of nitrogens with one attached hydrogen (secondary N) is 1. The van der Waals surface area contributed by atoms with Crippen molar-refractivity contribution in [3.05, 3.63) is 126 Å². The van der Waals surface area contributed by atoms with Gasteiger partial charge in [-0.2, -0.15) is 0 Å². The molecule has 0 aliphatic carbocycles. The minimum atomic E-state index is -1.46. The van der Waals surface area contributed by atoms with Crippen molar-refractivity contribution in [2.24, 2.45) is 11.8 Å². The lowest BCUT2D eigenvalue weighted by atomic mass is 9.70. The number of hydrogen-bond donors (Lipinski definition) is 2. The highest BCUT2D eigenvalue weighted by atomic mass is 79.9. The highest BCUT2D eigenvalue weighted by Crippen LogP contribution is 2.61. The van der Waals surface area contributed by atoms with E-state index in [9.17, 15) is 14.7 Å². The van der Waals surface area contributed by atoms with E-state index in [1.165, 1.54) is 12.0 Å². The van der Waals surface area contributed by atoms with Crippen LogP contribution < -0.4 is 10.2 Å². The Hall–Kier alpha value is -4.62. The van der Waals surface area contributed by atoms with Crippen molar-refractivity contribution in [3.8, 4) is 0 Å². The molecule has 3 fully saturated rings. The van der Waals surface area contributed by atoms with Crippen molar-refractivity contribution >= 4 is 45.3 Å². The van der Waals surface area contributed by atoms with Crippen molar-refractivity contribution < 1.29 is 38.5 Å². The van der Waals surface area contributed by atoms with Crippen LogP contribution in [0.1, 0.15) is 53.7 Å². The quantitative estimate of drug-likeness (QED) is 0.101. The van der Waals surface area contributed by atoms with Crippen LogP contribution >= 0.6 is 15.9 Å². The Morgan fingerprint density at radius 2 is 1.73 bits per heavy atom. The van der Waals surface area contributed by atoms with Gasteiger partial charge in [0.05, 0.1) is 43.2 Å². The fourth-order valence-corrected chi connectivity index (χ4v) is 9.64. The summed E-state index contributed by atoms with van der Waals surface area (Å²) in [4.78, 5) is 61.0. The first-order valence-electron chi connectivity index (χ1n) is 18.9.